The minimum absolute atomic E-state index is 0.0150. The molecule has 1 atom stereocenters. The van der Waals surface area contributed by atoms with Crippen molar-refractivity contribution in [3.8, 4) is 0 Å². The average molecular weight is 366 g/mol. The lowest BCUT2D eigenvalue weighted by atomic mass is 10.0. The first kappa shape index (κ1) is 20.1. The summed E-state index contributed by atoms with van der Waals surface area (Å²) >= 11 is 0. The molecule has 8 heteroatoms. The molecule has 1 unspecified atom stereocenters. The number of ether oxygens (including phenoxy) is 1. The van der Waals surface area contributed by atoms with Gasteiger partial charge in [-0.2, -0.15) is 0 Å². The van der Waals surface area contributed by atoms with Gasteiger partial charge in [0.25, 0.3) is 0 Å². The highest BCUT2D eigenvalue weighted by molar-refractivity contribution is 5.92. The first-order valence-electron chi connectivity index (χ1n) is 8.80. The lowest BCUT2D eigenvalue weighted by molar-refractivity contribution is -0.114. The number of urea groups is 1. The third kappa shape index (κ3) is 5.96. The minimum Gasteiger partial charge on any atom is -0.379 e. The third-order valence-corrected chi connectivity index (χ3v) is 4.29. The maximum atomic E-state index is 13.9. The molecule has 1 aromatic rings. The summed E-state index contributed by atoms with van der Waals surface area (Å²) in [4.78, 5) is 25.6. The van der Waals surface area contributed by atoms with Crippen LogP contribution < -0.4 is 16.0 Å². The molecule has 1 aliphatic rings. The summed E-state index contributed by atoms with van der Waals surface area (Å²) in [6.45, 7) is 9.08. The van der Waals surface area contributed by atoms with Crippen LogP contribution in [0, 0.1) is 11.7 Å². The largest absolute Gasteiger partial charge is 0.379 e. The van der Waals surface area contributed by atoms with Crippen molar-refractivity contribution in [1.29, 1.82) is 0 Å². The molecule has 144 valence electrons. The molecule has 2 rings (SSSR count). The van der Waals surface area contributed by atoms with E-state index >= 15 is 0 Å². The fourth-order valence-electron chi connectivity index (χ4n) is 2.96. The van der Waals surface area contributed by atoms with Gasteiger partial charge in [0, 0.05) is 38.3 Å². The molecule has 26 heavy (non-hydrogen) atoms. The molecular weight excluding hydrogens is 339 g/mol. The van der Waals surface area contributed by atoms with E-state index in [1.165, 1.54) is 25.1 Å². The number of anilines is 2. The summed E-state index contributed by atoms with van der Waals surface area (Å²) in [6.07, 6.45) is 0. The van der Waals surface area contributed by atoms with Gasteiger partial charge in [-0.25, -0.2) is 9.18 Å². The van der Waals surface area contributed by atoms with E-state index in [2.05, 4.69) is 34.7 Å². The van der Waals surface area contributed by atoms with Crippen LogP contribution in [-0.4, -0.2) is 55.7 Å². The van der Waals surface area contributed by atoms with Gasteiger partial charge in [0.05, 0.1) is 18.9 Å². The number of hydrogen-bond acceptors (Lipinski definition) is 4. The van der Waals surface area contributed by atoms with Crippen LogP contribution in [0.25, 0.3) is 0 Å². The maximum absolute atomic E-state index is 13.9. The lowest BCUT2D eigenvalue weighted by Gasteiger charge is -2.36. The van der Waals surface area contributed by atoms with E-state index in [0.717, 1.165) is 13.1 Å². The van der Waals surface area contributed by atoms with Gasteiger partial charge in [-0.3, -0.25) is 9.69 Å². The third-order valence-electron chi connectivity index (χ3n) is 4.29. The van der Waals surface area contributed by atoms with Crippen molar-refractivity contribution < 1.29 is 18.7 Å². The van der Waals surface area contributed by atoms with Gasteiger partial charge in [-0.1, -0.05) is 13.8 Å². The molecule has 3 N–H and O–H groups in total. The zero-order chi connectivity index (χ0) is 19.1. The number of carbonyl (C=O) groups is 2. The van der Waals surface area contributed by atoms with Crippen molar-refractivity contribution in [3.05, 3.63) is 24.0 Å². The summed E-state index contributed by atoms with van der Waals surface area (Å²) < 4.78 is 19.3. The number of nitrogens with zero attached hydrogens (tertiary/aromatic N) is 1. The predicted molar refractivity (Wildman–Crippen MR) is 98.7 cm³/mol. The van der Waals surface area contributed by atoms with E-state index in [1.54, 1.807) is 0 Å². The minimum atomic E-state index is -0.567. The molecule has 3 amide bonds. The van der Waals surface area contributed by atoms with Crippen molar-refractivity contribution in [3.63, 3.8) is 0 Å². The molecule has 0 spiro atoms. The van der Waals surface area contributed by atoms with Gasteiger partial charge >= 0.3 is 6.03 Å². The van der Waals surface area contributed by atoms with Crippen molar-refractivity contribution in [2.45, 2.75) is 26.8 Å². The molecule has 1 saturated heterocycles. The van der Waals surface area contributed by atoms with Gasteiger partial charge in [0.2, 0.25) is 5.91 Å². The number of halogens is 1. The Kier molecular flexibility index (Phi) is 7.35. The van der Waals surface area contributed by atoms with Crippen LogP contribution >= 0.6 is 0 Å². The van der Waals surface area contributed by atoms with E-state index in [-0.39, 0.29) is 17.6 Å². The summed E-state index contributed by atoms with van der Waals surface area (Å²) in [5.74, 6) is -0.478. The summed E-state index contributed by atoms with van der Waals surface area (Å²) in [5.41, 5.74) is 0.434. The summed E-state index contributed by atoms with van der Waals surface area (Å²) in [5, 5.41) is 7.87. The highest BCUT2D eigenvalue weighted by Gasteiger charge is 2.24. The van der Waals surface area contributed by atoms with Gasteiger partial charge < -0.3 is 20.7 Å². The predicted octanol–water partition coefficient (Wildman–Crippen LogP) is 2.26. The normalized spacial score (nSPS) is 16.2. The molecule has 1 aromatic carbocycles. The van der Waals surface area contributed by atoms with E-state index in [9.17, 15) is 14.0 Å². The molecular formula is C18H27FN4O3. The second-order valence-corrected chi connectivity index (χ2v) is 6.67. The van der Waals surface area contributed by atoms with Crippen LogP contribution in [0.5, 0.6) is 0 Å². The number of morpholine rings is 1. The van der Waals surface area contributed by atoms with Gasteiger partial charge in [0.15, 0.2) is 0 Å². The van der Waals surface area contributed by atoms with Gasteiger partial charge in [0.1, 0.15) is 5.82 Å². The standard InChI is InChI=1S/C18H27FN4O3/c1-12(2)17(23-6-8-26-9-7-23)11-20-18(25)22-16-10-14(21-13(3)24)4-5-15(16)19/h4-5,10,12,17H,6-9,11H2,1-3H3,(H,21,24)(H2,20,22,25). The Morgan fingerprint density at radius 1 is 1.23 bits per heavy atom. The number of rotatable bonds is 6. The van der Waals surface area contributed by atoms with E-state index in [0.29, 0.717) is 31.4 Å². The number of amides is 3. The van der Waals surface area contributed by atoms with Gasteiger partial charge in [-0.05, 0) is 24.1 Å². The highest BCUT2D eigenvalue weighted by atomic mass is 19.1. The molecule has 0 aliphatic carbocycles. The Balaban J connectivity index is 1.93. The average Bonchev–Trinajstić information content (AvgIpc) is 2.58. The van der Waals surface area contributed by atoms with E-state index in [4.69, 9.17) is 4.74 Å². The molecule has 0 radical (unpaired) electrons. The number of hydrogen-bond donors (Lipinski definition) is 3. The van der Waals surface area contributed by atoms with Crippen LogP contribution in [0.4, 0.5) is 20.6 Å². The Hall–Kier alpha value is -2.19. The second kappa shape index (κ2) is 9.49. The summed E-state index contributed by atoms with van der Waals surface area (Å²) in [6, 6.07) is 3.72. The van der Waals surface area contributed by atoms with Crippen molar-refractivity contribution in [1.82, 2.24) is 10.2 Å². The zero-order valence-corrected chi connectivity index (χ0v) is 15.5. The topological polar surface area (TPSA) is 82.7 Å². The van der Waals surface area contributed by atoms with Crippen LogP contribution in [0.15, 0.2) is 18.2 Å². The molecule has 1 heterocycles. The van der Waals surface area contributed by atoms with Crippen LogP contribution in [0.3, 0.4) is 0 Å². The lowest BCUT2D eigenvalue weighted by Crippen LogP contribution is -2.51. The Morgan fingerprint density at radius 3 is 2.54 bits per heavy atom. The fraction of sp³-hybridized carbons (Fsp3) is 0.556. The second-order valence-electron chi connectivity index (χ2n) is 6.67. The van der Waals surface area contributed by atoms with Crippen LogP contribution in [0.1, 0.15) is 20.8 Å². The quantitative estimate of drug-likeness (QED) is 0.721. The number of benzene rings is 1. The van der Waals surface area contributed by atoms with Crippen molar-refractivity contribution in [2.24, 2.45) is 5.92 Å². The van der Waals surface area contributed by atoms with E-state index in [1.807, 2.05) is 0 Å². The maximum Gasteiger partial charge on any atom is 0.319 e. The molecule has 7 nitrogen and oxygen atoms in total. The van der Waals surface area contributed by atoms with E-state index < -0.39 is 11.8 Å². The smallest absolute Gasteiger partial charge is 0.319 e. The molecule has 0 bridgehead atoms. The summed E-state index contributed by atoms with van der Waals surface area (Å²) in [7, 11) is 0. The first-order valence-corrected chi connectivity index (χ1v) is 8.80. The Morgan fingerprint density at radius 2 is 1.92 bits per heavy atom. The molecule has 1 aliphatic heterocycles. The molecule has 0 saturated carbocycles. The highest BCUT2D eigenvalue weighted by Crippen LogP contribution is 2.19. The Bertz CT molecular complexity index is 633. The van der Waals surface area contributed by atoms with Gasteiger partial charge in [-0.15, -0.1) is 0 Å². The zero-order valence-electron chi connectivity index (χ0n) is 15.5. The van der Waals surface area contributed by atoms with Crippen LogP contribution in [0.2, 0.25) is 0 Å². The number of carbonyl (C=O) groups excluding carboxylic acids is 2. The first-order chi connectivity index (χ1) is 12.4. The fourth-order valence-corrected chi connectivity index (χ4v) is 2.96. The Labute approximate surface area is 153 Å². The molecule has 0 aromatic heterocycles. The molecule has 1 fully saturated rings. The van der Waals surface area contributed by atoms with Crippen molar-refractivity contribution >= 4 is 23.3 Å². The van der Waals surface area contributed by atoms with Crippen LogP contribution in [-0.2, 0) is 9.53 Å². The number of nitrogens with one attached hydrogen (secondary N) is 3. The van der Waals surface area contributed by atoms with Crippen molar-refractivity contribution in [2.75, 3.05) is 43.5 Å². The monoisotopic (exact) mass is 366 g/mol. The SMILES string of the molecule is CC(=O)Nc1ccc(F)c(NC(=O)NCC(C(C)C)N2CCOCC2)c1.